The predicted molar refractivity (Wildman–Crippen MR) is 185 cm³/mol. The summed E-state index contributed by atoms with van der Waals surface area (Å²) >= 11 is 1.57. The van der Waals surface area contributed by atoms with Crippen LogP contribution in [0.2, 0.25) is 0 Å². The lowest BCUT2D eigenvalue weighted by Crippen LogP contribution is -2.36. The van der Waals surface area contributed by atoms with E-state index >= 15 is 0 Å². The highest BCUT2D eigenvalue weighted by Crippen LogP contribution is 2.32. The molecule has 5 rings (SSSR count). The van der Waals surface area contributed by atoms with Crippen LogP contribution in [0.1, 0.15) is 115 Å². The van der Waals surface area contributed by atoms with Crippen LogP contribution in [0.5, 0.6) is 0 Å². The summed E-state index contributed by atoms with van der Waals surface area (Å²) in [6.45, 7) is 15.4. The maximum Gasteiger partial charge on any atom is 0.416 e. The number of rotatable bonds is 11. The molecule has 1 aliphatic heterocycles. The number of hydrogen-bond acceptors (Lipinski definition) is 5. The minimum atomic E-state index is -4.27. The van der Waals surface area contributed by atoms with Gasteiger partial charge in [0, 0.05) is 35.1 Å². The van der Waals surface area contributed by atoms with Crippen LogP contribution in [0.25, 0.3) is 5.65 Å². The quantitative estimate of drug-likeness (QED) is 0.118. The number of amides is 1. The number of halogens is 3. The molecule has 47 heavy (non-hydrogen) atoms. The number of thiophene rings is 1. The van der Waals surface area contributed by atoms with Crippen LogP contribution in [0.15, 0.2) is 54.2 Å². The van der Waals surface area contributed by atoms with Gasteiger partial charge in [0.25, 0.3) is 5.91 Å². The molecule has 10 heteroatoms. The van der Waals surface area contributed by atoms with Crippen LogP contribution in [0, 0.1) is 0 Å². The van der Waals surface area contributed by atoms with Crippen molar-refractivity contribution in [2.24, 2.45) is 0 Å². The molecule has 3 aromatic heterocycles. The Morgan fingerprint density at radius 2 is 1.74 bits per heavy atom. The summed E-state index contributed by atoms with van der Waals surface area (Å²) in [5.74, 6) is 0.0798. The van der Waals surface area contributed by atoms with Gasteiger partial charge in [-0.3, -0.25) is 18.9 Å². The zero-order valence-electron chi connectivity index (χ0n) is 28.6. The Morgan fingerprint density at radius 1 is 1.00 bits per heavy atom. The first kappa shape index (κ1) is 38.0. The Hall–Kier alpha value is -3.50. The van der Waals surface area contributed by atoms with Crippen LogP contribution in [-0.4, -0.2) is 50.5 Å². The second-order valence-electron chi connectivity index (χ2n) is 11.5. The van der Waals surface area contributed by atoms with Crippen molar-refractivity contribution < 1.29 is 22.8 Å². The van der Waals surface area contributed by atoms with Crippen molar-refractivity contribution in [3.8, 4) is 0 Å². The molecular formula is C37H49F3N4O2S. The smallest absolute Gasteiger partial charge is 0.332 e. The number of nitrogens with zero attached hydrogens (tertiary/aromatic N) is 4. The largest absolute Gasteiger partial charge is 0.416 e. The molecule has 0 radical (unpaired) electrons. The first-order chi connectivity index (χ1) is 22.5. The first-order valence-electron chi connectivity index (χ1n) is 16.8. The minimum absolute atomic E-state index is 0.0212. The van der Waals surface area contributed by atoms with Crippen LogP contribution < -0.4 is 0 Å². The summed E-state index contributed by atoms with van der Waals surface area (Å²) in [5.41, 5.74) is 4.28. The number of aromatic nitrogens is 2. The number of aryl methyl sites for hydroxylation is 1. The lowest BCUT2D eigenvalue weighted by molar-refractivity contribution is -0.137. The van der Waals surface area contributed by atoms with E-state index in [1.165, 1.54) is 18.6 Å². The number of Topliss-reactive ketones (excluding diaryl/α,β-unsaturated/α-hetero) is 1. The van der Waals surface area contributed by atoms with Gasteiger partial charge in [0.15, 0.2) is 5.78 Å². The number of ketones is 1. The Bertz CT molecular complexity index is 1590. The van der Waals surface area contributed by atoms with Crippen molar-refractivity contribution in [2.45, 2.75) is 99.3 Å². The predicted octanol–water partition coefficient (Wildman–Crippen LogP) is 9.49. The van der Waals surface area contributed by atoms with Crippen molar-refractivity contribution in [1.29, 1.82) is 0 Å². The molecule has 256 valence electrons. The van der Waals surface area contributed by atoms with E-state index in [1.807, 2.05) is 65.9 Å². The summed E-state index contributed by atoms with van der Waals surface area (Å²) in [6.07, 6.45) is 5.02. The van der Waals surface area contributed by atoms with Gasteiger partial charge in [-0.15, -0.1) is 11.3 Å². The topological polar surface area (TPSA) is 57.9 Å². The van der Waals surface area contributed by atoms with E-state index in [9.17, 15) is 22.8 Å². The molecule has 1 aliphatic rings. The van der Waals surface area contributed by atoms with Crippen molar-refractivity contribution in [1.82, 2.24) is 19.2 Å². The molecule has 0 unspecified atom stereocenters. The van der Waals surface area contributed by atoms with Crippen LogP contribution >= 0.6 is 11.3 Å². The van der Waals surface area contributed by atoms with E-state index in [0.717, 1.165) is 71.6 Å². The fourth-order valence-corrected chi connectivity index (χ4v) is 6.85. The number of hydrogen-bond donors (Lipinski definition) is 0. The fraction of sp³-hybridized carbons (Fsp3) is 0.486. The highest BCUT2D eigenvalue weighted by molar-refractivity contribution is 7.10. The van der Waals surface area contributed by atoms with E-state index in [1.54, 1.807) is 24.5 Å². The lowest BCUT2D eigenvalue weighted by atomic mass is 10.0. The van der Waals surface area contributed by atoms with Crippen molar-refractivity contribution in [3.05, 3.63) is 92.6 Å². The number of pyridine rings is 1. The van der Waals surface area contributed by atoms with Gasteiger partial charge in [0.05, 0.1) is 18.3 Å². The zero-order chi connectivity index (χ0) is 34.6. The molecule has 0 spiro atoms. The van der Waals surface area contributed by atoms with Crippen LogP contribution in [0.3, 0.4) is 0 Å². The Balaban J connectivity index is 0.000000243. The summed E-state index contributed by atoms with van der Waals surface area (Å²) < 4.78 is 40.8. The second kappa shape index (κ2) is 18.2. The van der Waals surface area contributed by atoms with Gasteiger partial charge in [-0.2, -0.15) is 13.2 Å². The molecule has 4 aromatic rings. The summed E-state index contributed by atoms with van der Waals surface area (Å²) in [6, 6.07) is 10.2. The van der Waals surface area contributed by atoms with Crippen molar-refractivity contribution >= 4 is 28.7 Å². The SMILES string of the molecule is CC.CC(=O)c1csc2c1CCN(C(=O)c1cnc3ccccn13)C2.CCCCCN(CCC)Cc1cc(CC)cc(C(F)(F)F)c1. The monoisotopic (exact) mass is 670 g/mol. The van der Waals surface area contributed by atoms with E-state index in [-0.39, 0.29) is 11.7 Å². The third-order valence-corrected chi connectivity index (χ3v) is 9.08. The molecule has 0 atom stereocenters. The summed E-state index contributed by atoms with van der Waals surface area (Å²) in [7, 11) is 0. The van der Waals surface area contributed by atoms with E-state index < -0.39 is 11.7 Å². The standard InChI is InChI=1S/C18H28F3N.C17H15N3O2S.C2H6/c1-4-7-8-10-22(9-5-2)14-16-11-15(6-3)12-17(13-16)18(19,20)21;1-11(21)13-10-23-15-9-19(7-5-12(13)15)17(22)14-8-18-16-4-2-3-6-20(14)16;1-2/h11-13H,4-10,14H2,1-3H3;2-4,6,8,10H,5,7,9H2,1H3;1-2H3. The van der Waals surface area contributed by atoms with Gasteiger partial charge < -0.3 is 4.90 Å². The average molecular weight is 671 g/mol. The van der Waals surface area contributed by atoms with Gasteiger partial charge in [-0.25, -0.2) is 4.98 Å². The van der Waals surface area contributed by atoms with E-state index in [4.69, 9.17) is 0 Å². The zero-order valence-corrected chi connectivity index (χ0v) is 29.4. The van der Waals surface area contributed by atoms with Gasteiger partial charge >= 0.3 is 6.18 Å². The van der Waals surface area contributed by atoms with Crippen LogP contribution in [-0.2, 0) is 32.1 Å². The maximum absolute atomic E-state index is 13.0. The summed E-state index contributed by atoms with van der Waals surface area (Å²) in [5, 5.41) is 1.91. The van der Waals surface area contributed by atoms with Crippen LogP contribution in [0.4, 0.5) is 13.2 Å². The second-order valence-corrected chi connectivity index (χ2v) is 12.5. The molecule has 1 amide bonds. The lowest BCUT2D eigenvalue weighted by Gasteiger charge is -2.27. The molecule has 0 fully saturated rings. The third-order valence-electron chi connectivity index (χ3n) is 8.06. The molecule has 0 bridgehead atoms. The number of fused-ring (bicyclic) bond motifs is 2. The number of imidazole rings is 1. The number of carbonyl (C=O) groups excluding carboxylic acids is 2. The highest BCUT2D eigenvalue weighted by atomic mass is 32.1. The normalized spacial score (nSPS) is 12.7. The van der Waals surface area contributed by atoms with Gasteiger partial charge in [0.1, 0.15) is 11.3 Å². The number of unbranched alkanes of at least 4 members (excludes halogenated alkanes) is 2. The van der Waals surface area contributed by atoms with Gasteiger partial charge in [-0.1, -0.05) is 59.6 Å². The van der Waals surface area contributed by atoms with Crippen molar-refractivity contribution in [2.75, 3.05) is 19.6 Å². The molecule has 0 saturated carbocycles. The van der Waals surface area contributed by atoms with Gasteiger partial charge in [0.2, 0.25) is 0 Å². The van der Waals surface area contributed by atoms with E-state index in [0.29, 0.717) is 31.7 Å². The molecule has 4 heterocycles. The number of benzene rings is 1. The molecule has 0 N–H and O–H groups in total. The molecule has 1 aromatic carbocycles. The average Bonchev–Trinajstić information content (AvgIpc) is 3.70. The Morgan fingerprint density at radius 3 is 2.40 bits per heavy atom. The first-order valence-corrected chi connectivity index (χ1v) is 17.7. The minimum Gasteiger partial charge on any atom is -0.332 e. The third kappa shape index (κ3) is 10.2. The summed E-state index contributed by atoms with van der Waals surface area (Å²) in [4.78, 5) is 34.0. The maximum atomic E-state index is 13.0. The molecule has 0 saturated heterocycles. The van der Waals surface area contributed by atoms with E-state index in [2.05, 4.69) is 23.7 Å². The highest BCUT2D eigenvalue weighted by Gasteiger charge is 2.31. The van der Waals surface area contributed by atoms with Crippen molar-refractivity contribution in [3.63, 3.8) is 0 Å². The fourth-order valence-electron chi connectivity index (χ4n) is 5.70. The number of carbonyl (C=O) groups is 2. The molecule has 6 nitrogen and oxygen atoms in total. The molecular weight excluding hydrogens is 621 g/mol. The number of alkyl halides is 3. The van der Waals surface area contributed by atoms with Gasteiger partial charge in [-0.05, 0) is 86.7 Å². The Kier molecular flexibility index (Phi) is 14.7. The Labute approximate surface area is 281 Å². The molecule has 0 aliphatic carbocycles.